The van der Waals surface area contributed by atoms with Gasteiger partial charge in [0.05, 0.1) is 76.7 Å². The number of anilines is 1. The molecule has 20 nitrogen and oxygen atoms in total. The molecule has 4 amide bonds. The summed E-state index contributed by atoms with van der Waals surface area (Å²) in [5, 5.41) is 34.8. The van der Waals surface area contributed by atoms with E-state index in [0.717, 1.165) is 29.5 Å². The van der Waals surface area contributed by atoms with E-state index in [1.165, 1.54) is 19.3 Å². The smallest absolute Gasteiger partial charge is 0.257 e. The number of phenols is 1. The lowest BCUT2D eigenvalue weighted by molar-refractivity contribution is -0.116. The maximum atomic E-state index is 13.0. The van der Waals surface area contributed by atoms with Crippen LogP contribution in [0.2, 0.25) is 0 Å². The molecule has 20 heteroatoms. The van der Waals surface area contributed by atoms with Crippen LogP contribution in [-0.4, -0.2) is 130 Å². The second-order valence-corrected chi connectivity index (χ2v) is 16.4. The highest BCUT2D eigenvalue weighted by atomic mass is 16.6. The summed E-state index contributed by atoms with van der Waals surface area (Å²) in [5.74, 6) is -0.850. The number of nitrogens with one attached hydrogen (secondary N) is 4. The molecule has 0 saturated heterocycles. The lowest BCUT2D eigenvalue weighted by Gasteiger charge is -2.09. The molecule has 0 fully saturated rings. The first-order valence-corrected chi connectivity index (χ1v) is 24.3. The number of hydrogen-bond donors (Lipinski definition) is 6. The largest absolute Gasteiger partial charge is 0.506 e. The number of amides is 4. The monoisotopic (exact) mass is 1010 g/mol. The number of aromatic hydroxyl groups is 1. The van der Waals surface area contributed by atoms with Crippen LogP contribution in [0.25, 0.3) is 17.1 Å². The average Bonchev–Trinajstić information content (AvgIpc) is 3.73. The van der Waals surface area contributed by atoms with Crippen molar-refractivity contribution in [2.24, 2.45) is 16.0 Å². The molecule has 0 atom stereocenters. The summed E-state index contributed by atoms with van der Waals surface area (Å²) in [5.41, 5.74) is 10.5. The van der Waals surface area contributed by atoms with Crippen molar-refractivity contribution in [1.82, 2.24) is 20.2 Å². The van der Waals surface area contributed by atoms with Gasteiger partial charge in [0.25, 0.3) is 11.8 Å². The minimum Gasteiger partial charge on any atom is -0.506 e. The van der Waals surface area contributed by atoms with Crippen LogP contribution in [0.15, 0.2) is 101 Å². The van der Waals surface area contributed by atoms with Gasteiger partial charge < -0.3 is 54.5 Å². The lowest BCUT2D eigenvalue weighted by Crippen LogP contribution is -2.25. The number of ether oxygens (including phenoxy) is 6. The Morgan fingerprint density at radius 3 is 2.01 bits per heavy atom. The van der Waals surface area contributed by atoms with E-state index in [9.17, 15) is 24.3 Å². The topological polar surface area (TPSA) is 272 Å². The quantitative estimate of drug-likeness (QED) is 0.00780. The number of rotatable bonds is 34. The summed E-state index contributed by atoms with van der Waals surface area (Å²) in [4.78, 5) is 54.3. The van der Waals surface area contributed by atoms with E-state index < -0.39 is 11.8 Å². The normalized spacial score (nSPS) is 11.4. The van der Waals surface area contributed by atoms with Crippen molar-refractivity contribution in [2.75, 3.05) is 91.6 Å². The molecule has 0 aliphatic heterocycles. The molecule has 73 heavy (non-hydrogen) atoms. The number of primary amides is 1. The fourth-order valence-corrected chi connectivity index (χ4v) is 7.00. The highest BCUT2D eigenvalue weighted by molar-refractivity contribution is 6.06. The third-order valence-electron chi connectivity index (χ3n) is 10.8. The third-order valence-corrected chi connectivity index (χ3v) is 10.8. The number of fused-ring (bicyclic) bond motifs is 1. The Kier molecular flexibility index (Phi) is 24.7. The number of imidazole rings is 1. The number of hydrogen-bond acceptors (Lipinski definition) is 15. The molecule has 0 spiro atoms. The number of nitrogens with zero attached hydrogens (tertiary/aromatic N) is 4. The lowest BCUT2D eigenvalue weighted by atomic mass is 10.1. The van der Waals surface area contributed by atoms with Gasteiger partial charge in [-0.05, 0) is 116 Å². The molecule has 5 aromatic rings. The van der Waals surface area contributed by atoms with Gasteiger partial charge in [0.15, 0.2) is 5.90 Å². The maximum absolute atomic E-state index is 13.0. The fraction of sp³-hybridized carbons (Fsp3) is 0.396. The summed E-state index contributed by atoms with van der Waals surface area (Å²) in [6.45, 7) is 7.89. The number of carbonyl (C=O) groups is 4. The Hall–Kier alpha value is -7.36. The highest BCUT2D eigenvalue weighted by Gasteiger charge is 2.16. The predicted molar refractivity (Wildman–Crippen MR) is 277 cm³/mol. The fourth-order valence-electron chi connectivity index (χ4n) is 7.00. The van der Waals surface area contributed by atoms with Crippen molar-refractivity contribution < 1.29 is 52.7 Å². The van der Waals surface area contributed by atoms with Crippen LogP contribution in [0.1, 0.15) is 81.2 Å². The molecule has 1 aromatic heterocycles. The first-order chi connectivity index (χ1) is 35.5. The number of benzene rings is 4. The van der Waals surface area contributed by atoms with Gasteiger partial charge in [-0.3, -0.25) is 29.9 Å². The van der Waals surface area contributed by atoms with E-state index >= 15 is 0 Å². The number of phenolic OH excluding ortho intramolecular Hbond substituents is 1. The molecule has 7 N–H and O–H groups in total. The molecule has 1 heterocycles. The van der Waals surface area contributed by atoms with Crippen LogP contribution in [0.3, 0.4) is 0 Å². The van der Waals surface area contributed by atoms with Crippen LogP contribution in [-0.2, 0) is 46.2 Å². The van der Waals surface area contributed by atoms with Crippen molar-refractivity contribution in [1.29, 1.82) is 5.41 Å². The summed E-state index contributed by atoms with van der Waals surface area (Å²) in [7, 11) is 1.48. The molecule has 0 radical (unpaired) electrons. The van der Waals surface area contributed by atoms with Gasteiger partial charge in [0.2, 0.25) is 17.8 Å². The zero-order valence-corrected chi connectivity index (χ0v) is 41.6. The van der Waals surface area contributed by atoms with Crippen LogP contribution >= 0.6 is 0 Å². The molecule has 0 unspecified atom stereocenters. The standard InChI is InChI=1S/C53H67N9O11/c1-3-24-62-46-36-39(12-19-44(46)58-53(62)59-52(67)42-10-5-9-41(37-42)50(55)65)14-21-49(64)56-22-6-25-69-27-29-71-31-33-73-34-32-72-30-28-70-26-7-23-57-51(66)40-15-17-43(18-16-40)60-61-45-35-38(13-20-47(45)63)8-4-11-48(54)68-2/h5,9-10,12-21,35-37,54,63H,3-4,6-8,11,22-34H2,1-2H3,(H2,55,65)(H,56,64)(H,57,66)(H,58,59,67)/b21-14+,54-48?,61-60?. The molecule has 0 saturated carbocycles. The molecule has 5 rings (SSSR count). The van der Waals surface area contributed by atoms with E-state index in [-0.39, 0.29) is 34.6 Å². The molecule has 0 aliphatic rings. The molecule has 0 bridgehead atoms. The van der Waals surface area contributed by atoms with Gasteiger partial charge in [-0.15, -0.1) is 5.11 Å². The predicted octanol–water partition coefficient (Wildman–Crippen LogP) is 7.29. The maximum Gasteiger partial charge on any atom is 0.257 e. The summed E-state index contributed by atoms with van der Waals surface area (Å²) < 4.78 is 34.7. The van der Waals surface area contributed by atoms with Gasteiger partial charge in [0.1, 0.15) is 11.4 Å². The Morgan fingerprint density at radius 1 is 0.726 bits per heavy atom. The van der Waals surface area contributed by atoms with Gasteiger partial charge in [-0.2, -0.15) is 5.11 Å². The van der Waals surface area contributed by atoms with Crippen LogP contribution in [0.5, 0.6) is 5.75 Å². The van der Waals surface area contributed by atoms with Gasteiger partial charge in [-0.25, -0.2) is 4.98 Å². The second kappa shape index (κ2) is 31.9. The van der Waals surface area contributed by atoms with E-state index in [4.69, 9.17) is 39.6 Å². The molecule has 4 aromatic carbocycles. The Morgan fingerprint density at radius 2 is 1.37 bits per heavy atom. The van der Waals surface area contributed by atoms with Gasteiger partial charge >= 0.3 is 0 Å². The Balaban J connectivity index is 0.812. The molecular weight excluding hydrogens is 939 g/mol. The van der Waals surface area contributed by atoms with E-state index in [1.54, 1.807) is 60.7 Å². The van der Waals surface area contributed by atoms with Crippen LogP contribution < -0.4 is 21.7 Å². The molecule has 390 valence electrons. The third kappa shape index (κ3) is 20.4. The first kappa shape index (κ1) is 56.6. The molecular formula is C53H67N9O11. The number of aryl methyl sites for hydroxylation is 2. The number of aromatic nitrogens is 2. The zero-order valence-electron chi connectivity index (χ0n) is 41.6. The van der Waals surface area contributed by atoms with Crippen molar-refractivity contribution in [2.45, 2.75) is 52.0 Å². The van der Waals surface area contributed by atoms with E-state index in [0.29, 0.717) is 140 Å². The SMILES string of the molecule is CCCn1c(NC(=O)c2cccc(C(N)=O)c2)nc2ccc(/C=C/C(=O)NCCCOCCOCCOCCOCCOCCCNC(=O)c3ccc(N=Nc4cc(CCCC(=N)OC)ccc4O)cc3)cc21. The number of methoxy groups -OCH3 is 1. The van der Waals surface area contributed by atoms with Crippen molar-refractivity contribution in [3.8, 4) is 5.75 Å². The Labute approximate surface area is 425 Å². The van der Waals surface area contributed by atoms with Crippen molar-refractivity contribution >= 4 is 64.0 Å². The number of azo groups is 1. The number of nitrogens with two attached hydrogens (primary N) is 1. The minimum absolute atomic E-state index is 0.0126. The van der Waals surface area contributed by atoms with Crippen molar-refractivity contribution in [3.05, 3.63) is 119 Å². The van der Waals surface area contributed by atoms with Crippen molar-refractivity contribution in [3.63, 3.8) is 0 Å². The average molecular weight is 1010 g/mol. The Bertz CT molecular complexity index is 2620. The summed E-state index contributed by atoms with van der Waals surface area (Å²) in [6, 6.07) is 23.6. The highest BCUT2D eigenvalue weighted by Crippen LogP contribution is 2.30. The molecule has 0 aliphatic carbocycles. The second-order valence-electron chi connectivity index (χ2n) is 16.4. The summed E-state index contributed by atoms with van der Waals surface area (Å²) in [6.07, 6.45) is 7.25. The van der Waals surface area contributed by atoms with E-state index in [1.807, 2.05) is 35.8 Å². The number of carbonyl (C=O) groups excluding carboxylic acids is 4. The zero-order chi connectivity index (χ0) is 52.0. The van der Waals surface area contributed by atoms with E-state index in [2.05, 4.69) is 31.2 Å². The van der Waals surface area contributed by atoms with Gasteiger partial charge in [0, 0.05) is 62.0 Å². The minimum atomic E-state index is -0.619. The van der Waals surface area contributed by atoms with Crippen LogP contribution in [0.4, 0.5) is 17.3 Å². The van der Waals surface area contributed by atoms with Gasteiger partial charge in [-0.1, -0.05) is 25.1 Å². The first-order valence-electron chi connectivity index (χ1n) is 24.3. The van der Waals surface area contributed by atoms with Crippen LogP contribution in [0, 0.1) is 5.41 Å². The summed E-state index contributed by atoms with van der Waals surface area (Å²) >= 11 is 0.